The summed E-state index contributed by atoms with van der Waals surface area (Å²) in [7, 11) is -4.99. The predicted molar refractivity (Wildman–Crippen MR) is 83.6 cm³/mol. The van der Waals surface area contributed by atoms with Crippen LogP contribution in [0.4, 0.5) is 9.57 Å². The fourth-order valence-corrected chi connectivity index (χ4v) is 2.29. The number of anilines is 1. The number of rotatable bonds is 5. The standard InChI is InChI=1S/C13H11FINO3S/c14-20(17,18)19-13-3-1-2-10(8-13)9-16-12-6-4-11(15)5-7-12/h1-8,16H,9H2. The molecule has 2 rings (SSSR count). The monoisotopic (exact) mass is 407 g/mol. The molecule has 4 nitrogen and oxygen atoms in total. The zero-order chi connectivity index (χ0) is 14.6. The lowest BCUT2D eigenvalue weighted by Gasteiger charge is -2.08. The summed E-state index contributed by atoms with van der Waals surface area (Å²) in [6, 6.07) is 14.1. The summed E-state index contributed by atoms with van der Waals surface area (Å²) in [6.45, 7) is 0.476. The molecule has 0 aliphatic heterocycles. The molecule has 0 heterocycles. The highest BCUT2D eigenvalue weighted by atomic mass is 127. The first-order valence-electron chi connectivity index (χ1n) is 5.65. The Morgan fingerprint density at radius 3 is 2.50 bits per heavy atom. The Kier molecular flexibility index (Phi) is 4.81. The van der Waals surface area contributed by atoms with E-state index in [9.17, 15) is 12.3 Å². The molecule has 0 fully saturated rings. The van der Waals surface area contributed by atoms with E-state index >= 15 is 0 Å². The topological polar surface area (TPSA) is 55.4 Å². The van der Waals surface area contributed by atoms with Gasteiger partial charge in [-0.05, 0) is 64.6 Å². The SMILES string of the molecule is O=S(=O)(F)Oc1cccc(CNc2ccc(I)cc2)c1. The van der Waals surface area contributed by atoms with Crippen LogP contribution in [0.2, 0.25) is 0 Å². The molecule has 20 heavy (non-hydrogen) atoms. The van der Waals surface area contributed by atoms with E-state index in [1.807, 2.05) is 24.3 Å². The maximum absolute atomic E-state index is 12.4. The molecule has 0 amide bonds. The van der Waals surface area contributed by atoms with Gasteiger partial charge in [-0.1, -0.05) is 16.0 Å². The second kappa shape index (κ2) is 6.40. The number of nitrogens with one attached hydrogen (secondary N) is 1. The molecular weight excluding hydrogens is 396 g/mol. The Balaban J connectivity index is 2.03. The van der Waals surface area contributed by atoms with Gasteiger partial charge in [0.25, 0.3) is 0 Å². The van der Waals surface area contributed by atoms with Crippen molar-refractivity contribution in [2.24, 2.45) is 0 Å². The van der Waals surface area contributed by atoms with Crippen molar-refractivity contribution in [3.63, 3.8) is 0 Å². The molecule has 2 aromatic rings. The summed E-state index contributed by atoms with van der Waals surface area (Å²) in [4.78, 5) is 0. The van der Waals surface area contributed by atoms with Crippen molar-refractivity contribution in [3.8, 4) is 5.75 Å². The van der Waals surface area contributed by atoms with Gasteiger partial charge in [-0.2, -0.15) is 8.42 Å². The molecule has 0 radical (unpaired) electrons. The number of halogens is 2. The molecular formula is C13H11FINO3S. The van der Waals surface area contributed by atoms with Crippen LogP contribution in [0.5, 0.6) is 5.75 Å². The largest absolute Gasteiger partial charge is 0.488 e. The van der Waals surface area contributed by atoms with Crippen LogP contribution >= 0.6 is 22.6 Å². The Hall–Kier alpha value is -1.35. The van der Waals surface area contributed by atoms with E-state index in [2.05, 4.69) is 32.1 Å². The van der Waals surface area contributed by atoms with E-state index in [1.165, 1.54) is 12.1 Å². The van der Waals surface area contributed by atoms with Gasteiger partial charge >= 0.3 is 10.5 Å². The average Bonchev–Trinajstić information content (AvgIpc) is 2.36. The molecule has 106 valence electrons. The Labute approximate surface area is 130 Å². The smallest absolute Gasteiger partial charge is 0.381 e. The molecule has 0 spiro atoms. The third kappa shape index (κ3) is 4.97. The minimum absolute atomic E-state index is 0.0468. The van der Waals surface area contributed by atoms with Crippen molar-refractivity contribution in [1.29, 1.82) is 0 Å². The molecule has 0 aromatic heterocycles. The van der Waals surface area contributed by atoms with E-state index in [1.54, 1.807) is 12.1 Å². The highest BCUT2D eigenvalue weighted by molar-refractivity contribution is 14.1. The first kappa shape index (κ1) is 15.0. The van der Waals surface area contributed by atoms with Crippen LogP contribution in [0.3, 0.4) is 0 Å². The summed E-state index contributed by atoms with van der Waals surface area (Å²) >= 11 is 2.22. The summed E-state index contributed by atoms with van der Waals surface area (Å²) < 4.78 is 38.6. The van der Waals surface area contributed by atoms with Gasteiger partial charge in [0.05, 0.1) is 0 Å². The second-order valence-electron chi connectivity index (χ2n) is 3.98. The van der Waals surface area contributed by atoms with Crippen LogP contribution in [-0.4, -0.2) is 8.42 Å². The van der Waals surface area contributed by atoms with Crippen molar-refractivity contribution < 1.29 is 16.5 Å². The van der Waals surface area contributed by atoms with Gasteiger partial charge in [-0.15, -0.1) is 0 Å². The molecule has 1 N–H and O–H groups in total. The summed E-state index contributed by atoms with van der Waals surface area (Å²) in [5, 5.41) is 3.18. The molecule has 0 saturated carbocycles. The van der Waals surface area contributed by atoms with Gasteiger partial charge in [-0.3, -0.25) is 0 Å². The summed E-state index contributed by atoms with van der Waals surface area (Å²) in [5.74, 6) is -0.0468. The summed E-state index contributed by atoms with van der Waals surface area (Å²) in [6.07, 6.45) is 0. The molecule has 0 atom stereocenters. The fourth-order valence-electron chi connectivity index (χ4n) is 1.59. The van der Waals surface area contributed by atoms with Crippen molar-refractivity contribution in [2.45, 2.75) is 6.54 Å². The van der Waals surface area contributed by atoms with Gasteiger partial charge in [0.2, 0.25) is 0 Å². The van der Waals surface area contributed by atoms with Gasteiger partial charge < -0.3 is 9.50 Å². The minimum Gasteiger partial charge on any atom is -0.381 e. The normalized spacial score (nSPS) is 11.1. The van der Waals surface area contributed by atoms with Crippen LogP contribution in [0.25, 0.3) is 0 Å². The van der Waals surface area contributed by atoms with Gasteiger partial charge in [-0.25, -0.2) is 0 Å². The van der Waals surface area contributed by atoms with E-state index in [0.717, 1.165) is 14.8 Å². The van der Waals surface area contributed by atoms with E-state index in [0.29, 0.717) is 6.54 Å². The maximum atomic E-state index is 12.4. The van der Waals surface area contributed by atoms with Gasteiger partial charge in [0, 0.05) is 15.8 Å². The minimum atomic E-state index is -4.99. The molecule has 7 heteroatoms. The Morgan fingerprint density at radius 1 is 1.15 bits per heavy atom. The lowest BCUT2D eigenvalue weighted by molar-refractivity contribution is 0.440. The first-order valence-corrected chi connectivity index (χ1v) is 8.03. The molecule has 0 aliphatic rings. The third-order valence-electron chi connectivity index (χ3n) is 2.44. The van der Waals surface area contributed by atoms with Crippen molar-refractivity contribution in [1.82, 2.24) is 0 Å². The molecule has 0 bridgehead atoms. The first-order chi connectivity index (χ1) is 9.42. The van der Waals surface area contributed by atoms with Gasteiger partial charge in [0.15, 0.2) is 0 Å². The van der Waals surface area contributed by atoms with E-state index in [4.69, 9.17) is 0 Å². The van der Waals surface area contributed by atoms with Crippen LogP contribution in [0.15, 0.2) is 48.5 Å². The average molecular weight is 407 g/mol. The van der Waals surface area contributed by atoms with Crippen molar-refractivity contribution in [3.05, 3.63) is 57.7 Å². The van der Waals surface area contributed by atoms with Crippen LogP contribution < -0.4 is 9.50 Å². The highest BCUT2D eigenvalue weighted by Gasteiger charge is 2.09. The van der Waals surface area contributed by atoms with Crippen molar-refractivity contribution >= 4 is 38.8 Å². The van der Waals surface area contributed by atoms with E-state index in [-0.39, 0.29) is 5.75 Å². The quantitative estimate of drug-likeness (QED) is 0.609. The molecule has 0 saturated heterocycles. The fraction of sp³-hybridized carbons (Fsp3) is 0.0769. The molecule has 0 unspecified atom stereocenters. The number of hydrogen-bond acceptors (Lipinski definition) is 4. The van der Waals surface area contributed by atoms with Crippen molar-refractivity contribution in [2.75, 3.05) is 5.32 Å². The van der Waals surface area contributed by atoms with Crippen LogP contribution in [0.1, 0.15) is 5.56 Å². The number of benzene rings is 2. The Morgan fingerprint density at radius 2 is 1.85 bits per heavy atom. The van der Waals surface area contributed by atoms with Crippen LogP contribution in [-0.2, 0) is 17.0 Å². The predicted octanol–water partition coefficient (Wildman–Crippen LogP) is 3.50. The number of hydrogen-bond donors (Lipinski definition) is 1. The lowest BCUT2D eigenvalue weighted by atomic mass is 10.2. The second-order valence-corrected chi connectivity index (χ2v) is 6.18. The maximum Gasteiger partial charge on any atom is 0.488 e. The third-order valence-corrected chi connectivity index (χ3v) is 3.55. The zero-order valence-corrected chi connectivity index (χ0v) is 13.2. The molecule has 0 aliphatic carbocycles. The highest BCUT2D eigenvalue weighted by Crippen LogP contribution is 2.18. The lowest BCUT2D eigenvalue weighted by Crippen LogP contribution is -2.03. The Bertz CT molecular complexity index is 689. The van der Waals surface area contributed by atoms with E-state index < -0.39 is 10.5 Å². The zero-order valence-electron chi connectivity index (χ0n) is 10.2. The summed E-state index contributed by atoms with van der Waals surface area (Å²) in [5.41, 5.74) is 1.72. The van der Waals surface area contributed by atoms with Gasteiger partial charge in [0.1, 0.15) is 5.75 Å². The molecule has 2 aromatic carbocycles. The van der Waals surface area contributed by atoms with Crippen LogP contribution in [0, 0.1) is 3.57 Å².